The molecule has 29 heavy (non-hydrogen) atoms. The smallest absolute Gasteiger partial charge is 0.238 e. The van der Waals surface area contributed by atoms with E-state index in [-0.39, 0.29) is 23.2 Å². The van der Waals surface area contributed by atoms with Crippen LogP contribution in [0.3, 0.4) is 0 Å². The summed E-state index contributed by atoms with van der Waals surface area (Å²) in [7, 11) is 0. The molecule has 0 bridgehead atoms. The zero-order valence-electron chi connectivity index (χ0n) is 16.7. The zero-order chi connectivity index (χ0) is 21.3. The number of halogens is 1. The molecule has 1 aromatic carbocycles. The lowest BCUT2D eigenvalue weighted by molar-refractivity contribution is -0.138. The Morgan fingerprint density at radius 2 is 1.79 bits per heavy atom. The maximum Gasteiger partial charge on any atom is 0.238 e. The van der Waals surface area contributed by atoms with Crippen molar-refractivity contribution in [1.29, 1.82) is 5.41 Å². The van der Waals surface area contributed by atoms with Gasteiger partial charge in [0.1, 0.15) is 11.7 Å². The Labute approximate surface area is 174 Å². The number of hydrogen-bond donors (Lipinski definition) is 1. The van der Waals surface area contributed by atoms with Crippen molar-refractivity contribution in [2.75, 3.05) is 31.1 Å². The molecular weight excluding hydrogens is 392 g/mol. The van der Waals surface area contributed by atoms with Gasteiger partial charge in [0.2, 0.25) is 5.91 Å². The second-order valence-electron chi connectivity index (χ2n) is 7.25. The van der Waals surface area contributed by atoms with E-state index in [1.165, 1.54) is 20.8 Å². The van der Waals surface area contributed by atoms with Crippen LogP contribution < -0.4 is 4.90 Å². The molecule has 152 valence electrons. The van der Waals surface area contributed by atoms with Gasteiger partial charge in [0.05, 0.1) is 16.2 Å². The van der Waals surface area contributed by atoms with Crippen LogP contribution in [0.5, 0.6) is 0 Å². The van der Waals surface area contributed by atoms with Crippen molar-refractivity contribution in [3.05, 3.63) is 35.0 Å². The van der Waals surface area contributed by atoms with Crippen molar-refractivity contribution < 1.29 is 14.4 Å². The highest BCUT2D eigenvalue weighted by Crippen LogP contribution is 2.35. The highest BCUT2D eigenvalue weighted by Gasteiger charge is 2.33. The number of nitrogens with zero attached hydrogens (tertiary/aromatic N) is 3. The molecule has 2 aromatic rings. The third kappa shape index (κ3) is 4.00. The van der Waals surface area contributed by atoms with Gasteiger partial charge in [-0.15, -0.1) is 0 Å². The van der Waals surface area contributed by atoms with E-state index in [2.05, 4.69) is 4.98 Å². The van der Waals surface area contributed by atoms with Crippen LogP contribution in [-0.4, -0.2) is 59.2 Å². The molecule has 7 nitrogen and oxygen atoms in total. The number of amides is 1. The highest BCUT2D eigenvalue weighted by atomic mass is 35.5. The van der Waals surface area contributed by atoms with E-state index in [1.54, 1.807) is 23.2 Å². The number of Topliss-reactive ketones (excluding diaryl/α,β-unsaturated/α-hetero) is 2. The molecule has 2 heterocycles. The number of nitrogens with one attached hydrogen (secondary N) is 1. The van der Waals surface area contributed by atoms with Gasteiger partial charge in [-0.2, -0.15) is 0 Å². The molecule has 1 N–H and O–H groups in total. The van der Waals surface area contributed by atoms with Crippen molar-refractivity contribution in [3.8, 4) is 0 Å². The van der Waals surface area contributed by atoms with E-state index in [1.807, 2.05) is 11.0 Å². The van der Waals surface area contributed by atoms with E-state index in [0.717, 1.165) is 11.1 Å². The Balaban J connectivity index is 1.91. The summed E-state index contributed by atoms with van der Waals surface area (Å²) in [4.78, 5) is 44.9. The molecular formula is C21H23ClN4O3. The van der Waals surface area contributed by atoms with Gasteiger partial charge >= 0.3 is 0 Å². The fourth-order valence-corrected chi connectivity index (χ4v) is 4.03. The van der Waals surface area contributed by atoms with Gasteiger partial charge in [-0.3, -0.25) is 19.4 Å². The van der Waals surface area contributed by atoms with Crippen LogP contribution in [-0.2, 0) is 9.59 Å². The Morgan fingerprint density at radius 1 is 1.14 bits per heavy atom. The highest BCUT2D eigenvalue weighted by molar-refractivity contribution is 6.36. The van der Waals surface area contributed by atoms with Crippen LogP contribution in [0, 0.1) is 11.3 Å². The van der Waals surface area contributed by atoms with Gasteiger partial charge in [0.15, 0.2) is 5.78 Å². The normalized spacial score (nSPS) is 15.3. The number of pyridine rings is 1. The standard InChI is InChI=1S/C21H23ClN4O3/c1-12(23)18(14(3)28)21(29)26-9-7-25(8-10-26)20-16(13(2)27)11-17(22)15-5-4-6-24-19(15)20/h4-6,11,18,23H,7-10H2,1-3H3. The zero-order valence-corrected chi connectivity index (χ0v) is 17.4. The largest absolute Gasteiger partial charge is 0.366 e. The van der Waals surface area contributed by atoms with E-state index in [9.17, 15) is 14.4 Å². The summed E-state index contributed by atoms with van der Waals surface area (Å²) in [5, 5.41) is 9.00. The van der Waals surface area contributed by atoms with Crippen molar-refractivity contribution in [1.82, 2.24) is 9.88 Å². The van der Waals surface area contributed by atoms with Crippen LogP contribution in [0.2, 0.25) is 5.02 Å². The first-order chi connectivity index (χ1) is 13.7. The van der Waals surface area contributed by atoms with Crippen LogP contribution >= 0.6 is 11.6 Å². The summed E-state index contributed by atoms with van der Waals surface area (Å²) < 4.78 is 0. The van der Waals surface area contributed by atoms with Crippen LogP contribution in [0.4, 0.5) is 5.69 Å². The van der Waals surface area contributed by atoms with Gasteiger partial charge in [0, 0.05) is 49.0 Å². The first-order valence-corrected chi connectivity index (χ1v) is 9.77. The lowest BCUT2D eigenvalue weighted by Gasteiger charge is -2.38. The SMILES string of the molecule is CC(=N)C(C(C)=O)C(=O)N1CCN(c2c(C(C)=O)cc(Cl)c3cccnc23)CC1. The number of aromatic nitrogens is 1. The fraction of sp³-hybridized carbons (Fsp3) is 0.381. The Hall–Kier alpha value is -2.80. The molecule has 1 atom stereocenters. The number of fused-ring (bicyclic) bond motifs is 1. The van der Waals surface area contributed by atoms with E-state index >= 15 is 0 Å². The molecule has 1 aliphatic rings. The number of ketones is 2. The van der Waals surface area contributed by atoms with Gasteiger partial charge in [-0.25, -0.2) is 0 Å². The molecule has 1 unspecified atom stereocenters. The average molecular weight is 415 g/mol. The third-order valence-electron chi connectivity index (χ3n) is 5.19. The van der Waals surface area contributed by atoms with Crippen LogP contribution in [0.25, 0.3) is 10.9 Å². The molecule has 3 rings (SSSR count). The number of carbonyl (C=O) groups excluding carboxylic acids is 3. The number of piperazine rings is 1. The second kappa shape index (κ2) is 8.29. The van der Waals surface area contributed by atoms with Crippen molar-refractivity contribution in [2.45, 2.75) is 20.8 Å². The van der Waals surface area contributed by atoms with Crippen molar-refractivity contribution in [2.24, 2.45) is 5.92 Å². The summed E-state index contributed by atoms with van der Waals surface area (Å²) in [6.07, 6.45) is 1.66. The topological polar surface area (TPSA) is 94.4 Å². The number of benzene rings is 1. The molecule has 1 aromatic heterocycles. The van der Waals surface area contributed by atoms with Crippen LogP contribution in [0.15, 0.2) is 24.4 Å². The Bertz CT molecular complexity index is 998. The molecule has 8 heteroatoms. The maximum absolute atomic E-state index is 12.7. The molecule has 0 saturated carbocycles. The maximum atomic E-state index is 12.7. The van der Waals surface area contributed by atoms with E-state index in [4.69, 9.17) is 17.0 Å². The van der Waals surface area contributed by atoms with Crippen molar-refractivity contribution >= 4 is 51.4 Å². The fourth-order valence-electron chi connectivity index (χ4n) is 3.77. The first kappa shape index (κ1) is 20.9. The van der Waals surface area contributed by atoms with Gasteiger partial charge in [-0.05, 0) is 39.0 Å². The first-order valence-electron chi connectivity index (χ1n) is 9.39. The lowest BCUT2D eigenvalue weighted by atomic mass is 9.98. The van der Waals surface area contributed by atoms with Crippen LogP contribution in [0.1, 0.15) is 31.1 Å². The summed E-state index contributed by atoms with van der Waals surface area (Å²) in [6, 6.07) is 5.33. The van der Waals surface area contributed by atoms with Gasteiger partial charge < -0.3 is 15.2 Å². The summed E-state index contributed by atoms with van der Waals surface area (Å²) in [6.45, 7) is 6.07. The number of rotatable bonds is 5. The van der Waals surface area contributed by atoms with E-state index in [0.29, 0.717) is 42.3 Å². The molecule has 1 aliphatic heterocycles. The lowest BCUT2D eigenvalue weighted by Crippen LogP contribution is -2.52. The van der Waals surface area contributed by atoms with Crippen molar-refractivity contribution in [3.63, 3.8) is 0 Å². The number of anilines is 1. The second-order valence-corrected chi connectivity index (χ2v) is 7.66. The molecule has 0 aliphatic carbocycles. The minimum absolute atomic E-state index is 0.0525. The van der Waals surface area contributed by atoms with E-state index < -0.39 is 5.92 Å². The molecule has 1 saturated heterocycles. The Kier molecular flexibility index (Phi) is 5.98. The van der Waals surface area contributed by atoms with Gasteiger partial charge in [0.25, 0.3) is 0 Å². The number of carbonyl (C=O) groups is 3. The molecule has 0 radical (unpaired) electrons. The quantitative estimate of drug-likeness (QED) is 0.461. The number of hydrogen-bond acceptors (Lipinski definition) is 6. The predicted octanol–water partition coefficient (Wildman–Crippen LogP) is 2.98. The van der Waals surface area contributed by atoms with Gasteiger partial charge in [-0.1, -0.05) is 11.6 Å². The minimum atomic E-state index is -1.02. The summed E-state index contributed by atoms with van der Waals surface area (Å²) in [5.74, 6) is -1.79. The average Bonchev–Trinajstić information content (AvgIpc) is 2.67. The monoisotopic (exact) mass is 414 g/mol. The molecule has 1 amide bonds. The predicted molar refractivity (Wildman–Crippen MR) is 113 cm³/mol. The summed E-state index contributed by atoms with van der Waals surface area (Å²) >= 11 is 6.36. The Morgan fingerprint density at radius 3 is 2.34 bits per heavy atom. The third-order valence-corrected chi connectivity index (χ3v) is 5.50. The molecule has 1 fully saturated rings. The minimum Gasteiger partial charge on any atom is -0.366 e. The molecule has 0 spiro atoms. The summed E-state index contributed by atoms with van der Waals surface area (Å²) in [5.41, 5.74) is 1.92.